The highest BCUT2D eigenvalue weighted by atomic mass is 16.5. The van der Waals surface area contributed by atoms with Crippen LogP contribution in [0.1, 0.15) is 37.7 Å². The van der Waals surface area contributed by atoms with Crippen LogP contribution in [-0.4, -0.2) is 74.0 Å². The molecule has 1 atom stereocenters. The summed E-state index contributed by atoms with van der Waals surface area (Å²) in [5.74, 6) is 0.675. The minimum Gasteiger partial charge on any atom is -0.394 e. The lowest BCUT2D eigenvalue weighted by molar-refractivity contribution is 0.00474. The molecule has 0 radical (unpaired) electrons. The van der Waals surface area contributed by atoms with Crippen molar-refractivity contribution in [2.75, 3.05) is 59.1 Å². The second-order valence-corrected chi connectivity index (χ2v) is 7.82. The van der Waals surface area contributed by atoms with Crippen LogP contribution in [0.5, 0.6) is 0 Å². The van der Waals surface area contributed by atoms with Gasteiger partial charge in [0.15, 0.2) is 0 Å². The predicted molar refractivity (Wildman–Crippen MR) is 102 cm³/mol. The molecule has 2 aliphatic rings. The lowest BCUT2D eigenvalue weighted by atomic mass is 9.68. The first-order valence-corrected chi connectivity index (χ1v) is 9.93. The smallest absolute Gasteiger partial charge is 0.0698 e. The normalized spacial score (nSPS) is 24.6. The van der Waals surface area contributed by atoms with E-state index in [0.717, 1.165) is 19.7 Å². The zero-order valence-corrected chi connectivity index (χ0v) is 15.7. The lowest BCUT2D eigenvalue weighted by Crippen LogP contribution is -2.51. The van der Waals surface area contributed by atoms with Crippen molar-refractivity contribution in [3.63, 3.8) is 0 Å². The molecule has 4 heteroatoms. The van der Waals surface area contributed by atoms with Crippen molar-refractivity contribution < 1.29 is 9.84 Å². The second kappa shape index (κ2) is 9.13. The fourth-order valence-corrected chi connectivity index (χ4v) is 4.67. The van der Waals surface area contributed by atoms with E-state index < -0.39 is 0 Å². The Kier molecular flexibility index (Phi) is 6.88. The van der Waals surface area contributed by atoms with Crippen LogP contribution in [0.15, 0.2) is 30.3 Å². The third-order valence-corrected chi connectivity index (χ3v) is 6.14. The van der Waals surface area contributed by atoms with Crippen LogP contribution >= 0.6 is 0 Å². The molecule has 2 saturated heterocycles. The molecule has 140 valence electrons. The summed E-state index contributed by atoms with van der Waals surface area (Å²) in [5, 5.41) is 8.79. The van der Waals surface area contributed by atoms with Gasteiger partial charge in [-0.25, -0.2) is 0 Å². The Balaban J connectivity index is 1.57. The number of likely N-dealkylation sites (tertiary alicyclic amines) is 2. The number of likely N-dealkylation sites (N-methyl/N-ethyl adjacent to an activating group) is 1. The van der Waals surface area contributed by atoms with Gasteiger partial charge < -0.3 is 19.6 Å². The molecule has 25 heavy (non-hydrogen) atoms. The van der Waals surface area contributed by atoms with E-state index in [2.05, 4.69) is 47.1 Å². The van der Waals surface area contributed by atoms with Gasteiger partial charge in [-0.05, 0) is 55.8 Å². The standard InChI is InChI=1S/C21H34N2O2/c1-2-22-17-20(19-6-4-3-5-7-19)16-21(18-22)8-10-23(11-9-21)12-14-25-15-13-24/h3-7,20,24H,2,8-18H2,1H3/t20-/m0/s1. The largest absolute Gasteiger partial charge is 0.394 e. The van der Waals surface area contributed by atoms with Gasteiger partial charge in [0.05, 0.1) is 19.8 Å². The molecule has 2 fully saturated rings. The number of ether oxygens (including phenoxy) is 1. The Morgan fingerprint density at radius 3 is 2.56 bits per heavy atom. The maximum atomic E-state index is 8.79. The molecule has 0 amide bonds. The molecule has 2 aliphatic heterocycles. The highest BCUT2D eigenvalue weighted by Crippen LogP contribution is 2.44. The topological polar surface area (TPSA) is 35.9 Å². The van der Waals surface area contributed by atoms with E-state index >= 15 is 0 Å². The van der Waals surface area contributed by atoms with E-state index in [4.69, 9.17) is 9.84 Å². The Morgan fingerprint density at radius 1 is 1.12 bits per heavy atom. The number of nitrogens with zero attached hydrogens (tertiary/aromatic N) is 2. The lowest BCUT2D eigenvalue weighted by Gasteiger charge is -2.50. The van der Waals surface area contributed by atoms with Gasteiger partial charge in [0.1, 0.15) is 0 Å². The summed E-state index contributed by atoms with van der Waals surface area (Å²) in [6.45, 7) is 10.6. The zero-order valence-electron chi connectivity index (χ0n) is 15.7. The molecule has 3 rings (SSSR count). The summed E-state index contributed by atoms with van der Waals surface area (Å²) in [6.07, 6.45) is 3.93. The zero-order chi connectivity index (χ0) is 17.5. The number of aliphatic hydroxyl groups excluding tert-OH is 1. The molecule has 0 bridgehead atoms. The van der Waals surface area contributed by atoms with E-state index in [1.165, 1.54) is 51.0 Å². The van der Waals surface area contributed by atoms with Gasteiger partial charge >= 0.3 is 0 Å². The van der Waals surface area contributed by atoms with Crippen molar-refractivity contribution in [2.24, 2.45) is 5.41 Å². The van der Waals surface area contributed by atoms with Crippen LogP contribution in [0.2, 0.25) is 0 Å². The third kappa shape index (κ3) is 5.04. The molecule has 2 heterocycles. The molecule has 0 aliphatic carbocycles. The van der Waals surface area contributed by atoms with Crippen molar-refractivity contribution in [3.05, 3.63) is 35.9 Å². The number of piperidine rings is 2. The quantitative estimate of drug-likeness (QED) is 0.770. The maximum Gasteiger partial charge on any atom is 0.0698 e. The molecule has 4 nitrogen and oxygen atoms in total. The molecule has 1 aromatic rings. The number of benzene rings is 1. The molecular formula is C21H34N2O2. The average Bonchev–Trinajstić information content (AvgIpc) is 2.67. The van der Waals surface area contributed by atoms with Gasteiger partial charge in [-0.15, -0.1) is 0 Å². The maximum absolute atomic E-state index is 8.79. The molecule has 1 N–H and O–H groups in total. The van der Waals surface area contributed by atoms with Crippen molar-refractivity contribution in [1.82, 2.24) is 9.80 Å². The summed E-state index contributed by atoms with van der Waals surface area (Å²) in [7, 11) is 0. The van der Waals surface area contributed by atoms with E-state index in [9.17, 15) is 0 Å². The number of hydrogen-bond acceptors (Lipinski definition) is 4. The van der Waals surface area contributed by atoms with Crippen molar-refractivity contribution in [3.8, 4) is 0 Å². The van der Waals surface area contributed by atoms with Gasteiger partial charge in [0.2, 0.25) is 0 Å². The van der Waals surface area contributed by atoms with Crippen molar-refractivity contribution in [1.29, 1.82) is 0 Å². The van der Waals surface area contributed by atoms with E-state index in [0.29, 0.717) is 17.9 Å². The molecule has 0 unspecified atom stereocenters. The highest BCUT2D eigenvalue weighted by Gasteiger charge is 2.41. The van der Waals surface area contributed by atoms with E-state index in [1.807, 2.05) is 0 Å². The monoisotopic (exact) mass is 346 g/mol. The van der Waals surface area contributed by atoms with Gasteiger partial charge in [0.25, 0.3) is 0 Å². The molecular weight excluding hydrogens is 312 g/mol. The number of rotatable bonds is 7. The Bertz CT molecular complexity index is 500. The van der Waals surface area contributed by atoms with Crippen LogP contribution < -0.4 is 0 Å². The van der Waals surface area contributed by atoms with Gasteiger partial charge in [-0.1, -0.05) is 37.3 Å². The minimum absolute atomic E-state index is 0.122. The van der Waals surface area contributed by atoms with Crippen LogP contribution in [-0.2, 0) is 4.74 Å². The average molecular weight is 347 g/mol. The van der Waals surface area contributed by atoms with Gasteiger partial charge in [-0.3, -0.25) is 0 Å². The summed E-state index contributed by atoms with van der Waals surface area (Å²) < 4.78 is 5.43. The first-order chi connectivity index (χ1) is 12.2. The minimum atomic E-state index is 0.122. The summed E-state index contributed by atoms with van der Waals surface area (Å²) in [5.41, 5.74) is 2.00. The SMILES string of the molecule is CCN1C[C@@H](c2ccccc2)CC2(CCN(CCOCCO)CC2)C1. The van der Waals surface area contributed by atoms with Crippen LogP contribution in [0.25, 0.3) is 0 Å². The summed E-state index contributed by atoms with van der Waals surface area (Å²) in [6, 6.07) is 11.1. The third-order valence-electron chi connectivity index (χ3n) is 6.14. The van der Waals surface area contributed by atoms with Crippen LogP contribution in [0, 0.1) is 5.41 Å². The van der Waals surface area contributed by atoms with Crippen molar-refractivity contribution >= 4 is 0 Å². The molecule has 0 saturated carbocycles. The first kappa shape index (κ1) is 18.8. The second-order valence-electron chi connectivity index (χ2n) is 7.82. The summed E-state index contributed by atoms with van der Waals surface area (Å²) in [4.78, 5) is 5.20. The van der Waals surface area contributed by atoms with Gasteiger partial charge in [-0.2, -0.15) is 0 Å². The molecule has 1 aromatic carbocycles. The Morgan fingerprint density at radius 2 is 1.88 bits per heavy atom. The fourth-order valence-electron chi connectivity index (χ4n) is 4.67. The predicted octanol–water partition coefficient (Wildman–Crippen LogP) is 2.59. The van der Waals surface area contributed by atoms with Crippen molar-refractivity contribution in [2.45, 2.75) is 32.1 Å². The number of hydrogen-bond donors (Lipinski definition) is 1. The first-order valence-electron chi connectivity index (χ1n) is 9.93. The van der Waals surface area contributed by atoms with Crippen LogP contribution in [0.3, 0.4) is 0 Å². The van der Waals surface area contributed by atoms with E-state index in [1.54, 1.807) is 0 Å². The van der Waals surface area contributed by atoms with Gasteiger partial charge in [0, 0.05) is 19.6 Å². The fraction of sp³-hybridized carbons (Fsp3) is 0.714. The van der Waals surface area contributed by atoms with Crippen LogP contribution in [0.4, 0.5) is 0 Å². The Hall–Kier alpha value is -0.940. The Labute approximate surface area is 152 Å². The van der Waals surface area contributed by atoms with E-state index in [-0.39, 0.29) is 6.61 Å². The number of aliphatic hydroxyl groups is 1. The molecule has 1 spiro atoms. The molecule has 0 aromatic heterocycles. The summed E-state index contributed by atoms with van der Waals surface area (Å²) >= 11 is 0. The highest BCUT2D eigenvalue weighted by molar-refractivity contribution is 5.21.